The fraction of sp³-hybridized carbons (Fsp3) is 0.562. The molecule has 0 amide bonds. The van der Waals surface area contributed by atoms with E-state index >= 15 is 0 Å². The zero-order valence-electron chi connectivity index (χ0n) is 12.2. The Kier molecular flexibility index (Phi) is 4.76. The molecule has 3 nitrogen and oxygen atoms in total. The van der Waals surface area contributed by atoms with Crippen LogP contribution in [-0.4, -0.2) is 28.4 Å². The van der Waals surface area contributed by atoms with Crippen LogP contribution >= 0.6 is 0 Å². The van der Waals surface area contributed by atoms with Crippen LogP contribution in [0.5, 0.6) is 5.75 Å². The molecule has 0 atom stereocenters. The van der Waals surface area contributed by atoms with E-state index in [2.05, 4.69) is 11.8 Å². The molecule has 1 saturated carbocycles. The summed E-state index contributed by atoms with van der Waals surface area (Å²) in [5.41, 5.74) is 0.587. The SMILES string of the molecule is CCCCN(Cc1cc(F)cc(C(C)=O)c1O)C1CC1. The number of hydrogen-bond donors (Lipinski definition) is 1. The Morgan fingerprint density at radius 3 is 2.70 bits per heavy atom. The van der Waals surface area contributed by atoms with Crippen molar-refractivity contribution >= 4 is 5.78 Å². The largest absolute Gasteiger partial charge is 0.507 e. The molecular formula is C16H22FNO2. The zero-order chi connectivity index (χ0) is 14.7. The molecule has 0 heterocycles. The smallest absolute Gasteiger partial charge is 0.163 e. The van der Waals surface area contributed by atoms with Gasteiger partial charge < -0.3 is 5.11 Å². The molecule has 0 saturated heterocycles. The van der Waals surface area contributed by atoms with Gasteiger partial charge in [0.05, 0.1) is 5.56 Å². The van der Waals surface area contributed by atoms with Gasteiger partial charge in [-0.2, -0.15) is 0 Å². The molecule has 0 aliphatic heterocycles. The highest BCUT2D eigenvalue weighted by Gasteiger charge is 2.29. The van der Waals surface area contributed by atoms with Crippen LogP contribution in [0.2, 0.25) is 0 Å². The van der Waals surface area contributed by atoms with Crippen LogP contribution in [0.3, 0.4) is 0 Å². The van der Waals surface area contributed by atoms with Crippen molar-refractivity contribution in [1.29, 1.82) is 0 Å². The quantitative estimate of drug-likeness (QED) is 0.777. The Morgan fingerprint density at radius 1 is 1.45 bits per heavy atom. The van der Waals surface area contributed by atoms with Crippen LogP contribution < -0.4 is 0 Å². The van der Waals surface area contributed by atoms with Crippen LogP contribution in [0.4, 0.5) is 4.39 Å². The number of carbonyl (C=O) groups is 1. The Hall–Kier alpha value is -1.42. The number of halogens is 1. The van der Waals surface area contributed by atoms with Gasteiger partial charge in [-0.1, -0.05) is 13.3 Å². The molecule has 20 heavy (non-hydrogen) atoms. The number of Topliss-reactive ketones (excluding diaryl/α,β-unsaturated/α-hetero) is 1. The van der Waals surface area contributed by atoms with Crippen molar-refractivity contribution in [2.24, 2.45) is 0 Å². The lowest BCUT2D eigenvalue weighted by atomic mass is 10.0. The minimum absolute atomic E-state index is 0.0685. The highest BCUT2D eigenvalue weighted by atomic mass is 19.1. The normalized spacial score (nSPS) is 14.8. The van der Waals surface area contributed by atoms with Crippen molar-refractivity contribution in [1.82, 2.24) is 4.90 Å². The maximum Gasteiger partial charge on any atom is 0.163 e. The Labute approximate surface area is 119 Å². The molecular weight excluding hydrogens is 257 g/mol. The Bertz CT molecular complexity index is 497. The van der Waals surface area contributed by atoms with E-state index in [1.54, 1.807) is 0 Å². The average Bonchev–Trinajstić information content (AvgIpc) is 3.22. The average molecular weight is 279 g/mol. The predicted octanol–water partition coefficient (Wildman–Crippen LogP) is 3.50. The van der Waals surface area contributed by atoms with Gasteiger partial charge in [-0.05, 0) is 44.9 Å². The number of phenols is 1. The molecule has 1 aliphatic rings. The van der Waals surface area contributed by atoms with Crippen LogP contribution in [0, 0.1) is 5.82 Å². The third-order valence-electron chi connectivity index (χ3n) is 3.77. The van der Waals surface area contributed by atoms with Gasteiger partial charge in [0, 0.05) is 18.2 Å². The van der Waals surface area contributed by atoms with Gasteiger partial charge in [-0.3, -0.25) is 9.69 Å². The lowest BCUT2D eigenvalue weighted by Crippen LogP contribution is -2.26. The first-order chi connectivity index (χ1) is 9.52. The molecule has 4 heteroatoms. The zero-order valence-corrected chi connectivity index (χ0v) is 12.2. The van der Waals surface area contributed by atoms with Crippen molar-refractivity contribution in [3.8, 4) is 5.75 Å². The van der Waals surface area contributed by atoms with E-state index in [1.165, 1.54) is 25.8 Å². The summed E-state index contributed by atoms with van der Waals surface area (Å²) in [5.74, 6) is -0.843. The standard InChI is InChI=1S/C16H22FNO2/c1-3-4-7-18(14-5-6-14)10-12-8-13(17)9-15(11(2)19)16(12)20/h8-9,14,20H,3-7,10H2,1-2H3. The van der Waals surface area contributed by atoms with Crippen molar-refractivity contribution < 1.29 is 14.3 Å². The molecule has 1 aliphatic carbocycles. The van der Waals surface area contributed by atoms with E-state index in [1.807, 2.05) is 0 Å². The summed E-state index contributed by atoms with van der Waals surface area (Å²) < 4.78 is 13.6. The molecule has 0 bridgehead atoms. The van der Waals surface area contributed by atoms with Gasteiger partial charge in [0.2, 0.25) is 0 Å². The van der Waals surface area contributed by atoms with Crippen LogP contribution in [-0.2, 0) is 6.54 Å². The fourth-order valence-electron chi connectivity index (χ4n) is 2.46. The summed E-state index contributed by atoms with van der Waals surface area (Å²) in [5, 5.41) is 10.1. The third-order valence-corrected chi connectivity index (χ3v) is 3.77. The van der Waals surface area contributed by atoms with E-state index < -0.39 is 5.82 Å². The summed E-state index contributed by atoms with van der Waals surface area (Å²) in [6.45, 7) is 4.94. The minimum Gasteiger partial charge on any atom is -0.507 e. The number of carbonyl (C=O) groups excluding carboxylic acids is 1. The molecule has 0 aromatic heterocycles. The van der Waals surface area contributed by atoms with Crippen molar-refractivity contribution in [2.45, 2.75) is 52.1 Å². The summed E-state index contributed by atoms with van der Waals surface area (Å²) >= 11 is 0. The van der Waals surface area contributed by atoms with Gasteiger partial charge in [0.15, 0.2) is 5.78 Å². The van der Waals surface area contributed by atoms with Crippen molar-refractivity contribution in [3.05, 3.63) is 29.1 Å². The summed E-state index contributed by atoms with van der Waals surface area (Å²) in [6.07, 6.45) is 4.53. The van der Waals surface area contributed by atoms with E-state index in [4.69, 9.17) is 0 Å². The van der Waals surface area contributed by atoms with E-state index in [0.717, 1.165) is 25.5 Å². The first-order valence-electron chi connectivity index (χ1n) is 7.29. The monoisotopic (exact) mass is 279 g/mol. The highest BCUT2D eigenvalue weighted by Crippen LogP contribution is 2.32. The summed E-state index contributed by atoms with van der Waals surface area (Å²) in [6, 6.07) is 2.99. The molecule has 1 N–H and O–H groups in total. The molecule has 110 valence electrons. The molecule has 0 unspecified atom stereocenters. The fourth-order valence-corrected chi connectivity index (χ4v) is 2.46. The van der Waals surface area contributed by atoms with E-state index in [-0.39, 0.29) is 17.1 Å². The van der Waals surface area contributed by atoms with Gasteiger partial charge >= 0.3 is 0 Å². The number of unbranched alkanes of at least 4 members (excludes halogenated alkanes) is 1. The second-order valence-electron chi connectivity index (χ2n) is 5.57. The summed E-state index contributed by atoms with van der Waals surface area (Å²) in [7, 11) is 0. The molecule has 1 aromatic rings. The summed E-state index contributed by atoms with van der Waals surface area (Å²) in [4.78, 5) is 13.7. The number of aromatic hydroxyl groups is 1. The van der Waals surface area contributed by atoms with E-state index in [9.17, 15) is 14.3 Å². The maximum absolute atomic E-state index is 13.6. The van der Waals surface area contributed by atoms with Crippen molar-refractivity contribution in [2.75, 3.05) is 6.54 Å². The van der Waals surface area contributed by atoms with Crippen LogP contribution in [0.15, 0.2) is 12.1 Å². The number of rotatable bonds is 7. The van der Waals surface area contributed by atoms with E-state index in [0.29, 0.717) is 18.2 Å². The number of phenolic OH excluding ortho intramolecular Hbond substituents is 1. The van der Waals surface area contributed by atoms with Gasteiger partial charge in [0.25, 0.3) is 0 Å². The second-order valence-corrected chi connectivity index (χ2v) is 5.57. The lowest BCUT2D eigenvalue weighted by Gasteiger charge is -2.22. The molecule has 1 fully saturated rings. The third kappa shape index (κ3) is 3.57. The van der Waals surface area contributed by atoms with Crippen LogP contribution in [0.1, 0.15) is 55.5 Å². The second kappa shape index (κ2) is 6.35. The topological polar surface area (TPSA) is 40.5 Å². The first kappa shape index (κ1) is 15.0. The highest BCUT2D eigenvalue weighted by molar-refractivity contribution is 5.97. The first-order valence-corrected chi connectivity index (χ1v) is 7.29. The van der Waals surface area contributed by atoms with Crippen molar-refractivity contribution in [3.63, 3.8) is 0 Å². The van der Waals surface area contributed by atoms with Crippen LogP contribution in [0.25, 0.3) is 0 Å². The Morgan fingerprint density at radius 2 is 2.15 bits per heavy atom. The maximum atomic E-state index is 13.6. The number of nitrogens with zero attached hydrogens (tertiary/aromatic N) is 1. The molecule has 2 rings (SSSR count). The van der Waals surface area contributed by atoms with Gasteiger partial charge in [-0.25, -0.2) is 4.39 Å². The lowest BCUT2D eigenvalue weighted by molar-refractivity contribution is 0.101. The molecule has 0 spiro atoms. The minimum atomic E-state index is -0.464. The van der Waals surface area contributed by atoms with Gasteiger partial charge in [0.1, 0.15) is 11.6 Å². The predicted molar refractivity (Wildman–Crippen MR) is 76.4 cm³/mol. The molecule has 1 aromatic carbocycles. The number of benzene rings is 1. The Balaban J connectivity index is 2.20. The van der Waals surface area contributed by atoms with Gasteiger partial charge in [-0.15, -0.1) is 0 Å². The number of hydrogen-bond acceptors (Lipinski definition) is 3. The number of ketones is 1. The molecule has 0 radical (unpaired) electrons.